The Hall–Kier alpha value is -1.07. The summed E-state index contributed by atoms with van der Waals surface area (Å²) in [5.74, 6) is 2.24. The van der Waals surface area contributed by atoms with Crippen molar-refractivity contribution in [2.75, 3.05) is 26.7 Å². The number of allylic oxidation sites excluding steroid dienone is 1. The summed E-state index contributed by atoms with van der Waals surface area (Å²) in [6, 6.07) is 0.363. The van der Waals surface area contributed by atoms with Crippen LogP contribution < -0.4 is 0 Å². The number of ether oxygens (including phenoxy) is 1. The zero-order chi connectivity index (χ0) is 18.0. The fourth-order valence-electron chi connectivity index (χ4n) is 4.84. The number of rotatable bonds is 3. The van der Waals surface area contributed by atoms with Crippen LogP contribution in [0, 0.1) is 17.8 Å². The molecule has 0 bridgehead atoms. The third kappa shape index (κ3) is 4.03. The molecule has 0 aromatic rings. The summed E-state index contributed by atoms with van der Waals surface area (Å²) in [6.45, 7) is 9.60. The van der Waals surface area contributed by atoms with Crippen molar-refractivity contribution in [2.45, 2.75) is 65.1 Å². The quantitative estimate of drug-likeness (QED) is 0.851. The highest BCUT2D eigenvalue weighted by Gasteiger charge is 2.36. The minimum absolute atomic E-state index is 0.287. The topological polar surface area (TPSA) is 48.3 Å². The Morgan fingerprint density at radius 2 is 1.96 bits per heavy atom. The van der Waals surface area contributed by atoms with Gasteiger partial charge in [0.2, 0.25) is 0 Å². The average molecular weight is 350 g/mol. The maximum absolute atomic E-state index is 11.0. The second-order valence-corrected chi connectivity index (χ2v) is 8.27. The molecule has 3 aliphatic rings. The van der Waals surface area contributed by atoms with Gasteiger partial charge in [0.15, 0.2) is 5.90 Å². The summed E-state index contributed by atoms with van der Waals surface area (Å²) in [5.41, 5.74) is 1.31. The third-order valence-electron chi connectivity index (χ3n) is 6.47. The van der Waals surface area contributed by atoms with Crippen LogP contribution in [0.5, 0.6) is 0 Å². The highest BCUT2D eigenvalue weighted by Crippen LogP contribution is 2.34. The maximum Gasteiger partial charge on any atom is 0.190 e. The van der Waals surface area contributed by atoms with Gasteiger partial charge in [-0.15, -0.1) is 0 Å². The first-order valence-corrected chi connectivity index (χ1v) is 10.0. The molecule has 0 spiro atoms. The first-order valence-electron chi connectivity index (χ1n) is 10.0. The highest BCUT2D eigenvalue weighted by atomic mass is 16.5. The van der Waals surface area contributed by atoms with E-state index in [1.165, 1.54) is 31.4 Å². The van der Waals surface area contributed by atoms with Crippen molar-refractivity contribution in [3.63, 3.8) is 0 Å². The Balaban J connectivity index is 1.61. The van der Waals surface area contributed by atoms with Crippen LogP contribution in [0.3, 0.4) is 0 Å². The van der Waals surface area contributed by atoms with Crippen LogP contribution in [0.15, 0.2) is 16.9 Å². The third-order valence-corrected chi connectivity index (χ3v) is 6.47. The SMILES string of the molecule is COC1=NC=C(N2CCN(C(O)[C@@H]3CCCC[C@H]3C)C(C)C2)CC1C. The fourth-order valence-corrected chi connectivity index (χ4v) is 4.84. The van der Waals surface area contributed by atoms with E-state index in [0.29, 0.717) is 23.8 Å². The molecule has 5 atom stereocenters. The summed E-state index contributed by atoms with van der Waals surface area (Å²) < 4.78 is 5.33. The average Bonchev–Trinajstić information content (AvgIpc) is 2.61. The zero-order valence-corrected chi connectivity index (χ0v) is 16.3. The number of aliphatic imine (C=N–C) groups is 1. The van der Waals surface area contributed by atoms with E-state index in [1.54, 1.807) is 7.11 Å². The first kappa shape index (κ1) is 18.7. The maximum atomic E-state index is 11.0. The van der Waals surface area contributed by atoms with E-state index in [9.17, 15) is 5.11 Å². The number of piperazine rings is 1. The predicted molar refractivity (Wildman–Crippen MR) is 101 cm³/mol. The van der Waals surface area contributed by atoms with Gasteiger partial charge in [0, 0.05) is 55.8 Å². The Bertz CT molecular complexity index is 519. The number of aliphatic hydroxyl groups excluding tert-OH is 1. The van der Waals surface area contributed by atoms with E-state index in [4.69, 9.17) is 4.74 Å². The van der Waals surface area contributed by atoms with Gasteiger partial charge in [-0.05, 0) is 19.3 Å². The molecule has 25 heavy (non-hydrogen) atoms. The number of nitrogens with zero attached hydrogens (tertiary/aromatic N) is 3. The van der Waals surface area contributed by atoms with E-state index >= 15 is 0 Å². The van der Waals surface area contributed by atoms with Gasteiger partial charge in [-0.2, -0.15) is 0 Å². The van der Waals surface area contributed by atoms with Gasteiger partial charge in [-0.3, -0.25) is 4.90 Å². The Labute approximate surface area is 152 Å². The van der Waals surface area contributed by atoms with Crippen LogP contribution in [0.1, 0.15) is 52.9 Å². The molecule has 0 amide bonds. The van der Waals surface area contributed by atoms with E-state index in [2.05, 4.69) is 35.6 Å². The normalized spacial score (nSPS) is 35.8. The highest BCUT2D eigenvalue weighted by molar-refractivity contribution is 5.80. The van der Waals surface area contributed by atoms with Gasteiger partial charge in [-0.25, -0.2) is 4.99 Å². The Kier molecular flexibility index (Phi) is 6.05. The molecule has 0 radical (unpaired) electrons. The largest absolute Gasteiger partial charge is 0.484 e. The van der Waals surface area contributed by atoms with Crippen molar-refractivity contribution in [3.05, 3.63) is 11.9 Å². The lowest BCUT2D eigenvalue weighted by molar-refractivity contribution is -0.101. The lowest BCUT2D eigenvalue weighted by Crippen LogP contribution is -2.57. The molecule has 1 saturated carbocycles. The molecule has 0 aromatic carbocycles. The van der Waals surface area contributed by atoms with Crippen LogP contribution in [0.2, 0.25) is 0 Å². The minimum Gasteiger partial charge on any atom is -0.484 e. The van der Waals surface area contributed by atoms with Crippen LogP contribution >= 0.6 is 0 Å². The van der Waals surface area contributed by atoms with Crippen molar-refractivity contribution in [3.8, 4) is 0 Å². The van der Waals surface area contributed by atoms with Crippen molar-refractivity contribution >= 4 is 5.90 Å². The van der Waals surface area contributed by atoms with Crippen molar-refractivity contribution < 1.29 is 9.84 Å². The summed E-state index contributed by atoms with van der Waals surface area (Å²) in [6.07, 6.45) is 7.70. The van der Waals surface area contributed by atoms with Gasteiger partial charge >= 0.3 is 0 Å². The molecule has 2 aliphatic heterocycles. The first-order chi connectivity index (χ1) is 12.0. The molecule has 3 rings (SSSR count). The van der Waals surface area contributed by atoms with Crippen LogP contribution in [0.4, 0.5) is 0 Å². The monoisotopic (exact) mass is 349 g/mol. The number of hydrogen-bond acceptors (Lipinski definition) is 5. The zero-order valence-electron chi connectivity index (χ0n) is 16.3. The smallest absolute Gasteiger partial charge is 0.190 e. The van der Waals surface area contributed by atoms with Gasteiger partial charge in [0.1, 0.15) is 6.23 Å². The Morgan fingerprint density at radius 3 is 2.60 bits per heavy atom. The molecule has 2 heterocycles. The van der Waals surface area contributed by atoms with Gasteiger partial charge in [0.25, 0.3) is 0 Å². The second-order valence-electron chi connectivity index (χ2n) is 8.27. The van der Waals surface area contributed by atoms with Crippen molar-refractivity contribution in [2.24, 2.45) is 22.7 Å². The second kappa shape index (κ2) is 8.09. The van der Waals surface area contributed by atoms with Crippen LogP contribution in [0.25, 0.3) is 0 Å². The molecule has 142 valence electrons. The van der Waals surface area contributed by atoms with E-state index in [-0.39, 0.29) is 6.23 Å². The molecular weight excluding hydrogens is 314 g/mol. The van der Waals surface area contributed by atoms with E-state index in [1.807, 2.05) is 6.20 Å². The number of hydrogen-bond donors (Lipinski definition) is 1. The Morgan fingerprint density at radius 1 is 1.20 bits per heavy atom. The molecule has 1 saturated heterocycles. The summed E-state index contributed by atoms with van der Waals surface area (Å²) in [7, 11) is 1.70. The molecule has 5 nitrogen and oxygen atoms in total. The molecule has 0 aromatic heterocycles. The summed E-state index contributed by atoms with van der Waals surface area (Å²) in [4.78, 5) is 9.26. The summed E-state index contributed by atoms with van der Waals surface area (Å²) >= 11 is 0. The minimum atomic E-state index is -0.287. The molecule has 1 aliphatic carbocycles. The predicted octanol–water partition coefficient (Wildman–Crippen LogP) is 3.06. The molecular formula is C20H35N3O2. The van der Waals surface area contributed by atoms with E-state index < -0.39 is 0 Å². The van der Waals surface area contributed by atoms with Crippen LogP contribution in [-0.4, -0.2) is 59.8 Å². The van der Waals surface area contributed by atoms with Crippen LogP contribution in [-0.2, 0) is 4.74 Å². The number of aliphatic hydroxyl groups is 1. The number of methoxy groups -OCH3 is 1. The molecule has 1 N–H and O–H groups in total. The van der Waals surface area contributed by atoms with Gasteiger partial charge in [-0.1, -0.05) is 33.1 Å². The van der Waals surface area contributed by atoms with Crippen molar-refractivity contribution in [1.29, 1.82) is 0 Å². The molecule has 5 heteroatoms. The van der Waals surface area contributed by atoms with E-state index in [0.717, 1.165) is 32.0 Å². The lowest BCUT2D eigenvalue weighted by Gasteiger charge is -2.47. The molecule has 2 fully saturated rings. The summed E-state index contributed by atoms with van der Waals surface area (Å²) in [5, 5.41) is 11.0. The molecule has 3 unspecified atom stereocenters. The van der Waals surface area contributed by atoms with Crippen molar-refractivity contribution in [1.82, 2.24) is 9.80 Å². The van der Waals surface area contributed by atoms with Gasteiger partial charge < -0.3 is 14.7 Å². The van der Waals surface area contributed by atoms with Gasteiger partial charge in [0.05, 0.1) is 7.11 Å². The fraction of sp³-hybridized carbons (Fsp3) is 0.850. The lowest BCUT2D eigenvalue weighted by atomic mass is 9.78. The standard InChI is InChI=1S/C20H35N3O2/c1-14-7-5-6-8-18(14)20(24)23-10-9-22(13-16(23)3)17-11-15(2)19(25-4)21-12-17/h12,14-16,18,20,24H,5-11,13H2,1-4H3/t14-,15?,16?,18-,20?/m1/s1.